The molecule has 2 aromatic carbocycles. The molecule has 0 radical (unpaired) electrons. The van der Waals surface area contributed by atoms with Crippen molar-refractivity contribution in [2.75, 3.05) is 19.8 Å². The van der Waals surface area contributed by atoms with Crippen LogP contribution in [0.2, 0.25) is 0 Å². The second-order valence-corrected chi connectivity index (χ2v) is 7.64. The molecule has 0 aliphatic heterocycles. The second kappa shape index (κ2) is 11.5. The first-order valence-electron chi connectivity index (χ1n) is 11.0. The molecule has 0 aliphatic carbocycles. The van der Waals surface area contributed by atoms with Gasteiger partial charge in [-0.25, -0.2) is 0 Å². The molecule has 1 aromatic heterocycles. The first kappa shape index (κ1) is 23.5. The zero-order valence-corrected chi connectivity index (χ0v) is 18.7. The quantitative estimate of drug-likeness (QED) is 0.424. The number of carbonyl (C=O) groups excluding carboxylic acids is 1. The lowest BCUT2D eigenvalue weighted by Gasteiger charge is -2.15. The van der Waals surface area contributed by atoms with Crippen molar-refractivity contribution in [2.24, 2.45) is 5.73 Å². The Morgan fingerprint density at radius 1 is 1.12 bits per heavy atom. The number of nitrogens with two attached hydrogens (primary N) is 1. The van der Waals surface area contributed by atoms with E-state index in [9.17, 15) is 9.59 Å². The minimum Gasteiger partial charge on any atom is -0.457 e. The van der Waals surface area contributed by atoms with Gasteiger partial charge in [0.25, 0.3) is 5.56 Å². The lowest BCUT2D eigenvalue weighted by atomic mass is 10.1. The van der Waals surface area contributed by atoms with Crippen LogP contribution in [0.3, 0.4) is 0 Å². The molecular formula is C25H31N3O4. The molecule has 0 bridgehead atoms. The summed E-state index contributed by atoms with van der Waals surface area (Å²) in [4.78, 5) is 24.4. The van der Waals surface area contributed by atoms with Gasteiger partial charge in [0.2, 0.25) is 5.91 Å². The Hall–Kier alpha value is -3.16. The molecule has 0 saturated carbocycles. The maximum absolute atomic E-state index is 13.3. The van der Waals surface area contributed by atoms with Gasteiger partial charge in [-0.3, -0.25) is 9.59 Å². The molecule has 0 saturated heterocycles. The summed E-state index contributed by atoms with van der Waals surface area (Å²) in [6.07, 6.45) is 1.32. The average molecular weight is 438 g/mol. The minimum atomic E-state index is -0.391. The monoisotopic (exact) mass is 437 g/mol. The summed E-state index contributed by atoms with van der Waals surface area (Å²) in [6.45, 7) is 5.78. The molecule has 7 nitrogen and oxygen atoms in total. The molecule has 0 fully saturated rings. The highest BCUT2D eigenvalue weighted by Crippen LogP contribution is 2.25. The number of rotatable bonds is 12. The molecule has 0 unspecified atom stereocenters. The maximum atomic E-state index is 13.3. The van der Waals surface area contributed by atoms with E-state index in [1.54, 1.807) is 11.5 Å². The SMILES string of the molecule is CCOCCn1c(=O)c(CCCN[C@@H](C)C(N)=O)cc2ccc(Oc3ccccc3)cc21. The van der Waals surface area contributed by atoms with Crippen molar-refractivity contribution >= 4 is 16.8 Å². The first-order valence-corrected chi connectivity index (χ1v) is 11.0. The molecule has 0 spiro atoms. The third-order valence-electron chi connectivity index (χ3n) is 5.28. The number of para-hydroxylation sites is 1. The Morgan fingerprint density at radius 3 is 2.62 bits per heavy atom. The Bertz CT molecular complexity index is 1100. The van der Waals surface area contributed by atoms with Crippen LogP contribution in [0.4, 0.5) is 0 Å². The van der Waals surface area contributed by atoms with Crippen LogP contribution in [0, 0.1) is 0 Å². The number of amides is 1. The van der Waals surface area contributed by atoms with Gasteiger partial charge < -0.3 is 25.1 Å². The van der Waals surface area contributed by atoms with Gasteiger partial charge in [0.05, 0.1) is 18.2 Å². The van der Waals surface area contributed by atoms with Gasteiger partial charge in [-0.05, 0) is 69.0 Å². The van der Waals surface area contributed by atoms with E-state index >= 15 is 0 Å². The van der Waals surface area contributed by atoms with Crippen LogP contribution in [0.5, 0.6) is 11.5 Å². The number of nitrogens with zero attached hydrogens (tertiary/aromatic N) is 1. The number of aromatic nitrogens is 1. The summed E-state index contributed by atoms with van der Waals surface area (Å²) in [5.74, 6) is 1.03. The predicted molar refractivity (Wildman–Crippen MR) is 126 cm³/mol. The van der Waals surface area contributed by atoms with E-state index in [0.717, 1.165) is 28.6 Å². The third kappa shape index (κ3) is 6.18. The molecule has 170 valence electrons. The third-order valence-corrected chi connectivity index (χ3v) is 5.28. The van der Waals surface area contributed by atoms with Gasteiger partial charge in [-0.1, -0.05) is 18.2 Å². The summed E-state index contributed by atoms with van der Waals surface area (Å²) >= 11 is 0. The van der Waals surface area contributed by atoms with Crippen molar-refractivity contribution < 1.29 is 14.3 Å². The Kier molecular flexibility index (Phi) is 8.41. The number of benzene rings is 2. The normalized spacial score (nSPS) is 12.1. The molecule has 3 N–H and O–H groups in total. The van der Waals surface area contributed by atoms with Gasteiger partial charge in [0, 0.05) is 24.8 Å². The van der Waals surface area contributed by atoms with Crippen molar-refractivity contribution in [3.8, 4) is 11.5 Å². The van der Waals surface area contributed by atoms with E-state index in [-0.39, 0.29) is 11.5 Å². The topological polar surface area (TPSA) is 95.6 Å². The first-order chi connectivity index (χ1) is 15.5. The van der Waals surface area contributed by atoms with E-state index in [1.807, 2.05) is 61.5 Å². The van der Waals surface area contributed by atoms with Gasteiger partial charge in [0.15, 0.2) is 0 Å². The zero-order valence-electron chi connectivity index (χ0n) is 18.7. The molecule has 1 heterocycles. The van der Waals surface area contributed by atoms with Gasteiger partial charge >= 0.3 is 0 Å². The molecule has 7 heteroatoms. The number of aryl methyl sites for hydroxylation is 1. The number of nitrogens with one attached hydrogen (secondary N) is 1. The molecule has 0 aliphatic rings. The summed E-state index contributed by atoms with van der Waals surface area (Å²) in [5.41, 5.74) is 6.79. The summed E-state index contributed by atoms with van der Waals surface area (Å²) in [6, 6.07) is 16.9. The number of hydrogen-bond acceptors (Lipinski definition) is 5. The van der Waals surface area contributed by atoms with Crippen molar-refractivity contribution in [1.82, 2.24) is 9.88 Å². The standard InChI is InChI=1S/C25H31N3O4/c1-3-31-15-14-28-23-17-22(32-21-9-5-4-6-10-21)12-11-19(23)16-20(25(28)30)8-7-13-27-18(2)24(26)29/h4-6,9-12,16-18,27H,3,7-8,13-15H2,1-2H3,(H2,26,29)/t18-/m0/s1. The van der Waals surface area contributed by atoms with Crippen molar-refractivity contribution in [2.45, 2.75) is 39.3 Å². The van der Waals surface area contributed by atoms with Gasteiger partial charge in [0.1, 0.15) is 11.5 Å². The van der Waals surface area contributed by atoms with Gasteiger partial charge in [-0.15, -0.1) is 0 Å². The highest BCUT2D eigenvalue weighted by molar-refractivity contribution is 5.81. The van der Waals surface area contributed by atoms with Crippen LogP contribution < -0.4 is 21.3 Å². The summed E-state index contributed by atoms with van der Waals surface area (Å²) in [7, 11) is 0. The molecule has 1 amide bonds. The van der Waals surface area contributed by atoms with E-state index in [0.29, 0.717) is 38.5 Å². The number of primary amides is 1. The number of ether oxygens (including phenoxy) is 2. The van der Waals surface area contributed by atoms with E-state index in [4.69, 9.17) is 15.2 Å². The highest BCUT2D eigenvalue weighted by atomic mass is 16.5. The second-order valence-electron chi connectivity index (χ2n) is 7.64. The summed E-state index contributed by atoms with van der Waals surface area (Å²) < 4.78 is 13.2. The lowest BCUT2D eigenvalue weighted by molar-refractivity contribution is -0.119. The molecule has 3 rings (SSSR count). The van der Waals surface area contributed by atoms with E-state index in [1.165, 1.54) is 0 Å². The molecule has 1 atom stereocenters. The Morgan fingerprint density at radius 2 is 1.91 bits per heavy atom. The molecular weight excluding hydrogens is 406 g/mol. The largest absolute Gasteiger partial charge is 0.457 e. The van der Waals surface area contributed by atoms with E-state index < -0.39 is 6.04 Å². The zero-order chi connectivity index (χ0) is 22.9. The van der Waals surface area contributed by atoms with Crippen molar-refractivity contribution in [1.29, 1.82) is 0 Å². The fourth-order valence-electron chi connectivity index (χ4n) is 3.50. The minimum absolute atomic E-state index is 0.0305. The lowest BCUT2D eigenvalue weighted by Crippen LogP contribution is -2.39. The number of pyridine rings is 1. The maximum Gasteiger partial charge on any atom is 0.254 e. The highest BCUT2D eigenvalue weighted by Gasteiger charge is 2.12. The fourth-order valence-corrected chi connectivity index (χ4v) is 3.50. The van der Waals surface area contributed by atoms with Crippen LogP contribution >= 0.6 is 0 Å². The Labute approximate surface area is 188 Å². The van der Waals surface area contributed by atoms with Crippen LogP contribution in [0.25, 0.3) is 10.9 Å². The van der Waals surface area contributed by atoms with Crippen LogP contribution in [0.1, 0.15) is 25.8 Å². The van der Waals surface area contributed by atoms with Crippen molar-refractivity contribution in [3.63, 3.8) is 0 Å². The fraction of sp³-hybridized carbons (Fsp3) is 0.360. The Balaban J connectivity index is 1.85. The van der Waals surface area contributed by atoms with Crippen LogP contribution in [-0.4, -0.2) is 36.3 Å². The van der Waals surface area contributed by atoms with Crippen molar-refractivity contribution in [3.05, 3.63) is 70.5 Å². The number of carbonyl (C=O) groups is 1. The molecule has 3 aromatic rings. The average Bonchev–Trinajstić information content (AvgIpc) is 2.79. The van der Waals surface area contributed by atoms with E-state index in [2.05, 4.69) is 5.32 Å². The van der Waals surface area contributed by atoms with Crippen LogP contribution in [-0.2, 0) is 22.5 Å². The molecule has 32 heavy (non-hydrogen) atoms. The predicted octanol–water partition coefficient (Wildman–Crippen LogP) is 3.23. The van der Waals surface area contributed by atoms with Gasteiger partial charge in [-0.2, -0.15) is 0 Å². The smallest absolute Gasteiger partial charge is 0.254 e. The number of fused-ring (bicyclic) bond motifs is 1. The summed E-state index contributed by atoms with van der Waals surface area (Å²) in [5, 5.41) is 4.04. The number of hydrogen-bond donors (Lipinski definition) is 2. The van der Waals surface area contributed by atoms with Crippen LogP contribution in [0.15, 0.2) is 59.4 Å².